The minimum atomic E-state index is -0.208. The second kappa shape index (κ2) is 9.13. The summed E-state index contributed by atoms with van der Waals surface area (Å²) in [5.41, 5.74) is 1.85. The van der Waals surface area contributed by atoms with Gasteiger partial charge >= 0.3 is 0 Å². The van der Waals surface area contributed by atoms with E-state index in [-0.39, 0.29) is 11.5 Å². The summed E-state index contributed by atoms with van der Waals surface area (Å²) in [6.07, 6.45) is 3.05. The van der Waals surface area contributed by atoms with Crippen molar-refractivity contribution >= 4 is 32.9 Å². The molecule has 1 N–H and O–H groups in total. The predicted molar refractivity (Wildman–Crippen MR) is 120 cm³/mol. The van der Waals surface area contributed by atoms with Crippen LogP contribution >= 0.6 is 15.9 Å². The maximum Gasteiger partial charge on any atom is 0.264 e. The first kappa shape index (κ1) is 20.8. The highest BCUT2D eigenvalue weighted by atomic mass is 79.9. The van der Waals surface area contributed by atoms with E-state index in [1.807, 2.05) is 24.3 Å². The van der Waals surface area contributed by atoms with E-state index in [9.17, 15) is 9.59 Å². The summed E-state index contributed by atoms with van der Waals surface area (Å²) < 4.78 is 9.30. The molecule has 0 atom stereocenters. The van der Waals surface area contributed by atoms with Gasteiger partial charge in [-0.25, -0.2) is 9.67 Å². The second-order valence-corrected chi connectivity index (χ2v) is 7.81. The molecule has 0 saturated carbocycles. The molecule has 8 nitrogen and oxygen atoms in total. The number of rotatable bonds is 7. The standard InChI is InChI=1S/C22H20BrN5O3/c1-31-18-4-2-3-16(11-18)21(29)24-9-10-28-20-19(12-26-28)22(30)27(14-25-20)13-15-5-7-17(23)8-6-15/h2-8,11-12,14H,9-10,13H2,1H3,(H,24,29). The Morgan fingerprint density at radius 1 is 1.19 bits per heavy atom. The fourth-order valence-electron chi connectivity index (χ4n) is 3.20. The number of hydrogen-bond acceptors (Lipinski definition) is 5. The highest BCUT2D eigenvalue weighted by molar-refractivity contribution is 9.10. The van der Waals surface area contributed by atoms with E-state index in [0.717, 1.165) is 10.0 Å². The number of aromatic nitrogens is 4. The third kappa shape index (κ3) is 4.66. The van der Waals surface area contributed by atoms with Crippen LogP contribution in [0.15, 0.2) is 70.3 Å². The molecule has 0 aliphatic rings. The van der Waals surface area contributed by atoms with E-state index >= 15 is 0 Å². The van der Waals surface area contributed by atoms with Gasteiger partial charge in [0.15, 0.2) is 5.65 Å². The van der Waals surface area contributed by atoms with Gasteiger partial charge in [0.1, 0.15) is 17.5 Å². The summed E-state index contributed by atoms with van der Waals surface area (Å²) in [5, 5.41) is 7.57. The van der Waals surface area contributed by atoms with Crippen LogP contribution in [-0.2, 0) is 13.1 Å². The molecule has 0 saturated heterocycles. The lowest BCUT2D eigenvalue weighted by atomic mass is 10.2. The molecule has 0 aliphatic heterocycles. The predicted octanol–water partition coefficient (Wildman–Crippen LogP) is 2.84. The van der Waals surface area contributed by atoms with E-state index < -0.39 is 0 Å². The molecule has 4 rings (SSSR count). The Kier molecular flexibility index (Phi) is 6.13. The molecule has 4 aromatic rings. The first-order valence-corrected chi connectivity index (χ1v) is 10.4. The largest absolute Gasteiger partial charge is 0.497 e. The molecule has 31 heavy (non-hydrogen) atoms. The number of hydrogen-bond donors (Lipinski definition) is 1. The number of nitrogens with zero attached hydrogens (tertiary/aromatic N) is 4. The monoisotopic (exact) mass is 481 g/mol. The van der Waals surface area contributed by atoms with Gasteiger partial charge in [-0.2, -0.15) is 5.10 Å². The Labute approximate surface area is 186 Å². The van der Waals surface area contributed by atoms with Crippen LogP contribution in [0.1, 0.15) is 15.9 Å². The topological polar surface area (TPSA) is 91.0 Å². The lowest BCUT2D eigenvalue weighted by Gasteiger charge is -2.08. The van der Waals surface area contributed by atoms with Crippen LogP contribution in [0.5, 0.6) is 5.75 Å². The van der Waals surface area contributed by atoms with E-state index in [2.05, 4.69) is 31.3 Å². The molecule has 0 aliphatic carbocycles. The van der Waals surface area contributed by atoms with Crippen molar-refractivity contribution in [2.75, 3.05) is 13.7 Å². The van der Waals surface area contributed by atoms with E-state index in [0.29, 0.717) is 42.0 Å². The van der Waals surface area contributed by atoms with Crippen molar-refractivity contribution in [1.29, 1.82) is 0 Å². The van der Waals surface area contributed by atoms with Gasteiger partial charge in [0.2, 0.25) is 0 Å². The van der Waals surface area contributed by atoms with E-state index in [1.54, 1.807) is 40.6 Å². The number of amides is 1. The SMILES string of the molecule is COc1cccc(C(=O)NCCn2ncc3c(=O)n(Cc4ccc(Br)cc4)cnc32)c1. The van der Waals surface area contributed by atoms with Crippen molar-refractivity contribution < 1.29 is 9.53 Å². The van der Waals surface area contributed by atoms with Crippen molar-refractivity contribution in [3.8, 4) is 5.75 Å². The molecule has 2 aromatic heterocycles. The molecular formula is C22H20BrN5O3. The van der Waals surface area contributed by atoms with Crippen LogP contribution in [0.3, 0.4) is 0 Å². The minimum Gasteiger partial charge on any atom is -0.497 e. The van der Waals surface area contributed by atoms with Crippen LogP contribution in [0.4, 0.5) is 0 Å². The Morgan fingerprint density at radius 2 is 2.00 bits per heavy atom. The minimum absolute atomic E-state index is 0.153. The Hall–Kier alpha value is -3.46. The quantitative estimate of drug-likeness (QED) is 0.438. The van der Waals surface area contributed by atoms with Crippen LogP contribution in [-0.4, -0.2) is 38.9 Å². The molecule has 158 valence electrons. The fraction of sp³-hybridized carbons (Fsp3) is 0.182. The number of nitrogens with one attached hydrogen (secondary N) is 1. The number of fused-ring (bicyclic) bond motifs is 1. The van der Waals surface area contributed by atoms with Crippen LogP contribution in [0.2, 0.25) is 0 Å². The Bertz CT molecular complexity index is 1280. The third-order valence-corrected chi connectivity index (χ3v) is 5.36. The van der Waals surface area contributed by atoms with Gasteiger partial charge in [-0.1, -0.05) is 34.1 Å². The molecule has 9 heteroatoms. The third-order valence-electron chi connectivity index (χ3n) is 4.83. The first-order valence-electron chi connectivity index (χ1n) is 9.63. The van der Waals surface area contributed by atoms with Crippen molar-refractivity contribution in [2.45, 2.75) is 13.1 Å². The highest BCUT2D eigenvalue weighted by Gasteiger charge is 2.11. The summed E-state index contributed by atoms with van der Waals surface area (Å²) in [6.45, 7) is 1.16. The average Bonchev–Trinajstić information content (AvgIpc) is 3.21. The number of benzene rings is 2. The lowest BCUT2D eigenvalue weighted by molar-refractivity contribution is 0.0951. The number of methoxy groups -OCH3 is 1. The van der Waals surface area contributed by atoms with Crippen LogP contribution in [0, 0.1) is 0 Å². The molecule has 1 amide bonds. The molecule has 2 aromatic carbocycles. The zero-order valence-electron chi connectivity index (χ0n) is 16.8. The zero-order valence-corrected chi connectivity index (χ0v) is 18.4. The molecule has 0 bridgehead atoms. The summed E-state index contributed by atoms with van der Waals surface area (Å²) in [4.78, 5) is 29.6. The molecule has 0 unspecified atom stereocenters. The normalized spacial score (nSPS) is 10.9. The highest BCUT2D eigenvalue weighted by Crippen LogP contribution is 2.13. The molecule has 0 spiro atoms. The zero-order chi connectivity index (χ0) is 21.8. The smallest absolute Gasteiger partial charge is 0.264 e. The van der Waals surface area contributed by atoms with Crippen molar-refractivity contribution in [3.05, 3.63) is 87.0 Å². The molecule has 0 fully saturated rings. The fourth-order valence-corrected chi connectivity index (χ4v) is 3.47. The van der Waals surface area contributed by atoms with Gasteiger partial charge < -0.3 is 10.1 Å². The summed E-state index contributed by atoms with van der Waals surface area (Å²) in [7, 11) is 1.56. The van der Waals surface area contributed by atoms with Gasteiger partial charge in [0.05, 0.1) is 26.4 Å². The van der Waals surface area contributed by atoms with Crippen molar-refractivity contribution in [1.82, 2.24) is 24.6 Å². The second-order valence-electron chi connectivity index (χ2n) is 6.90. The number of ether oxygens (including phenoxy) is 1. The van der Waals surface area contributed by atoms with Crippen LogP contribution < -0.4 is 15.6 Å². The van der Waals surface area contributed by atoms with Crippen molar-refractivity contribution in [3.63, 3.8) is 0 Å². The van der Waals surface area contributed by atoms with Crippen molar-refractivity contribution in [2.24, 2.45) is 0 Å². The number of halogens is 1. The maximum atomic E-state index is 12.8. The average molecular weight is 482 g/mol. The molecule has 0 radical (unpaired) electrons. The maximum absolute atomic E-state index is 12.8. The lowest BCUT2D eigenvalue weighted by Crippen LogP contribution is -2.27. The first-order chi connectivity index (χ1) is 15.0. The van der Waals surface area contributed by atoms with Gasteiger partial charge in [-0.15, -0.1) is 0 Å². The van der Waals surface area contributed by atoms with Gasteiger partial charge in [-0.3, -0.25) is 14.2 Å². The number of carbonyl (C=O) groups excluding carboxylic acids is 1. The summed E-state index contributed by atoms with van der Waals surface area (Å²) in [6, 6.07) is 14.7. The summed E-state index contributed by atoms with van der Waals surface area (Å²) >= 11 is 3.41. The van der Waals surface area contributed by atoms with E-state index in [4.69, 9.17) is 4.74 Å². The number of carbonyl (C=O) groups is 1. The molecule has 2 heterocycles. The Balaban J connectivity index is 1.44. The molecular weight excluding hydrogens is 462 g/mol. The van der Waals surface area contributed by atoms with Gasteiger partial charge in [-0.05, 0) is 35.9 Å². The summed E-state index contributed by atoms with van der Waals surface area (Å²) in [5.74, 6) is 0.412. The van der Waals surface area contributed by atoms with Gasteiger partial charge in [0.25, 0.3) is 11.5 Å². The van der Waals surface area contributed by atoms with Crippen LogP contribution in [0.25, 0.3) is 11.0 Å². The van der Waals surface area contributed by atoms with Gasteiger partial charge in [0, 0.05) is 16.6 Å². The van der Waals surface area contributed by atoms with E-state index in [1.165, 1.54) is 12.5 Å². The Morgan fingerprint density at radius 3 is 2.77 bits per heavy atom.